The molecule has 0 spiro atoms. The monoisotopic (exact) mass is 476 g/mol. The number of nitrogens with one attached hydrogen (secondary N) is 2. The average molecular weight is 477 g/mol. The Kier molecular flexibility index (Phi) is 10.1. The van der Waals surface area contributed by atoms with E-state index in [1.54, 1.807) is 45.0 Å². The van der Waals surface area contributed by atoms with Gasteiger partial charge in [0.15, 0.2) is 0 Å². The van der Waals surface area contributed by atoms with E-state index in [1.807, 2.05) is 40.7 Å². The molecule has 9 nitrogen and oxygen atoms in total. The molecule has 1 aromatic carbocycles. The standard InChI is InChI=1S/C25H40N4O5/c1-9-25(7,8)29(20(21(31)27-16(2)3)17-13-11-10-12-14-17)22(32)18(15-19(26)30)28-23(33)34-24(4,5)6/h10-14,16,18,20H,9,15H2,1-8H3,(H2,26,30)(H,27,31)(H,28,33). The Balaban J connectivity index is 3.57. The van der Waals surface area contributed by atoms with Crippen LogP contribution < -0.4 is 16.4 Å². The molecule has 0 saturated heterocycles. The van der Waals surface area contributed by atoms with Gasteiger partial charge >= 0.3 is 6.09 Å². The molecule has 0 fully saturated rings. The molecule has 2 unspecified atom stereocenters. The Morgan fingerprint density at radius 1 is 1.00 bits per heavy atom. The summed E-state index contributed by atoms with van der Waals surface area (Å²) in [4.78, 5) is 53.1. The normalized spacial score (nSPS) is 13.6. The molecule has 1 rings (SSSR count). The molecule has 4 N–H and O–H groups in total. The Labute approximate surface area is 202 Å². The lowest BCUT2D eigenvalue weighted by Gasteiger charge is -2.44. The summed E-state index contributed by atoms with van der Waals surface area (Å²) in [7, 11) is 0. The van der Waals surface area contributed by atoms with Gasteiger partial charge in [-0.3, -0.25) is 14.4 Å². The Morgan fingerprint density at radius 3 is 2.00 bits per heavy atom. The SMILES string of the molecule is CCC(C)(C)N(C(=O)C(CC(N)=O)NC(=O)OC(C)(C)C)C(C(=O)NC(C)C)c1ccccc1. The topological polar surface area (TPSA) is 131 Å². The van der Waals surface area contributed by atoms with E-state index in [1.165, 1.54) is 4.90 Å². The number of carbonyl (C=O) groups excluding carboxylic acids is 4. The van der Waals surface area contributed by atoms with Crippen molar-refractivity contribution in [1.29, 1.82) is 0 Å². The number of carbonyl (C=O) groups is 4. The highest BCUT2D eigenvalue weighted by molar-refractivity contribution is 5.95. The zero-order valence-electron chi connectivity index (χ0n) is 21.6. The van der Waals surface area contributed by atoms with Gasteiger partial charge in [0.2, 0.25) is 17.7 Å². The van der Waals surface area contributed by atoms with Crippen LogP contribution in [0.15, 0.2) is 30.3 Å². The molecule has 0 aliphatic rings. The van der Waals surface area contributed by atoms with Crippen LogP contribution in [0.1, 0.15) is 79.8 Å². The van der Waals surface area contributed by atoms with Gasteiger partial charge in [-0.25, -0.2) is 4.79 Å². The minimum absolute atomic E-state index is 0.165. The average Bonchev–Trinajstić information content (AvgIpc) is 2.69. The van der Waals surface area contributed by atoms with Crippen LogP contribution in [0.25, 0.3) is 0 Å². The van der Waals surface area contributed by atoms with Crippen LogP contribution >= 0.6 is 0 Å². The Hall–Kier alpha value is -3.10. The van der Waals surface area contributed by atoms with Crippen molar-refractivity contribution in [3.8, 4) is 0 Å². The van der Waals surface area contributed by atoms with E-state index in [0.717, 1.165) is 0 Å². The second-order valence-electron chi connectivity index (χ2n) is 10.2. The Morgan fingerprint density at radius 2 is 1.56 bits per heavy atom. The Bertz CT molecular complexity index is 862. The summed E-state index contributed by atoms with van der Waals surface area (Å²) in [6.45, 7) is 14.3. The van der Waals surface area contributed by atoms with Gasteiger partial charge in [-0.05, 0) is 60.5 Å². The first-order valence-corrected chi connectivity index (χ1v) is 11.6. The number of nitrogens with two attached hydrogens (primary N) is 1. The summed E-state index contributed by atoms with van der Waals surface area (Å²) in [5, 5.41) is 5.37. The third kappa shape index (κ3) is 8.68. The second kappa shape index (κ2) is 11.9. The molecule has 0 aliphatic carbocycles. The summed E-state index contributed by atoms with van der Waals surface area (Å²) in [6.07, 6.45) is -0.793. The highest BCUT2D eigenvalue weighted by Gasteiger charge is 2.43. The largest absolute Gasteiger partial charge is 0.444 e. The van der Waals surface area contributed by atoms with E-state index < -0.39 is 47.6 Å². The molecular weight excluding hydrogens is 436 g/mol. The van der Waals surface area contributed by atoms with Crippen molar-refractivity contribution >= 4 is 23.8 Å². The molecule has 0 aromatic heterocycles. The van der Waals surface area contributed by atoms with Crippen molar-refractivity contribution in [3.05, 3.63) is 35.9 Å². The summed E-state index contributed by atoms with van der Waals surface area (Å²) in [5.41, 5.74) is 4.39. The van der Waals surface area contributed by atoms with Gasteiger partial charge in [-0.2, -0.15) is 0 Å². The van der Waals surface area contributed by atoms with Gasteiger partial charge in [0, 0.05) is 11.6 Å². The van der Waals surface area contributed by atoms with Crippen molar-refractivity contribution in [2.24, 2.45) is 5.73 Å². The number of hydrogen-bond donors (Lipinski definition) is 3. The van der Waals surface area contributed by atoms with Crippen molar-refractivity contribution in [2.45, 2.75) is 97.5 Å². The van der Waals surface area contributed by atoms with Crippen molar-refractivity contribution in [3.63, 3.8) is 0 Å². The number of nitrogens with zero attached hydrogens (tertiary/aromatic N) is 1. The van der Waals surface area contributed by atoms with E-state index in [9.17, 15) is 19.2 Å². The van der Waals surface area contributed by atoms with E-state index in [4.69, 9.17) is 10.5 Å². The molecule has 190 valence electrons. The number of alkyl carbamates (subject to hydrolysis) is 1. The molecule has 0 heterocycles. The third-order valence-electron chi connectivity index (χ3n) is 5.20. The van der Waals surface area contributed by atoms with Gasteiger partial charge in [0.25, 0.3) is 0 Å². The van der Waals surface area contributed by atoms with Gasteiger partial charge in [-0.15, -0.1) is 0 Å². The zero-order chi connectivity index (χ0) is 26.3. The molecule has 2 atom stereocenters. The van der Waals surface area contributed by atoms with Gasteiger partial charge in [0.1, 0.15) is 17.7 Å². The maximum absolute atomic E-state index is 14.0. The second-order valence-corrected chi connectivity index (χ2v) is 10.2. The lowest BCUT2D eigenvalue weighted by atomic mass is 9.91. The van der Waals surface area contributed by atoms with Crippen molar-refractivity contribution in [1.82, 2.24) is 15.5 Å². The van der Waals surface area contributed by atoms with E-state index in [2.05, 4.69) is 10.6 Å². The van der Waals surface area contributed by atoms with Gasteiger partial charge in [0.05, 0.1) is 6.42 Å². The predicted octanol–water partition coefficient (Wildman–Crippen LogP) is 3.04. The molecule has 0 aliphatic heterocycles. The van der Waals surface area contributed by atoms with E-state index >= 15 is 0 Å². The smallest absolute Gasteiger partial charge is 0.408 e. The van der Waals surface area contributed by atoms with Crippen molar-refractivity contribution in [2.75, 3.05) is 0 Å². The third-order valence-corrected chi connectivity index (χ3v) is 5.20. The maximum Gasteiger partial charge on any atom is 0.408 e. The number of rotatable bonds is 10. The lowest BCUT2D eigenvalue weighted by molar-refractivity contribution is -0.150. The molecule has 0 radical (unpaired) electrons. The minimum atomic E-state index is -1.31. The highest BCUT2D eigenvalue weighted by atomic mass is 16.6. The molecule has 4 amide bonds. The first-order chi connectivity index (χ1) is 15.6. The predicted molar refractivity (Wildman–Crippen MR) is 131 cm³/mol. The summed E-state index contributed by atoms with van der Waals surface area (Å²) in [5.74, 6) is -1.75. The van der Waals surface area contributed by atoms with Gasteiger partial charge < -0.3 is 26.0 Å². The maximum atomic E-state index is 14.0. The fraction of sp³-hybridized carbons (Fsp3) is 0.600. The number of amides is 4. The fourth-order valence-electron chi connectivity index (χ4n) is 3.38. The van der Waals surface area contributed by atoms with Crippen LogP contribution in [0, 0.1) is 0 Å². The van der Waals surface area contributed by atoms with Crippen LogP contribution in [0.4, 0.5) is 4.79 Å². The molecular formula is C25H40N4O5. The molecule has 0 saturated carbocycles. The molecule has 34 heavy (non-hydrogen) atoms. The zero-order valence-corrected chi connectivity index (χ0v) is 21.6. The fourth-order valence-corrected chi connectivity index (χ4v) is 3.38. The quantitative estimate of drug-likeness (QED) is 0.478. The highest BCUT2D eigenvalue weighted by Crippen LogP contribution is 2.32. The number of primary amides is 1. The summed E-state index contributed by atoms with van der Waals surface area (Å²) < 4.78 is 5.28. The van der Waals surface area contributed by atoms with Crippen LogP contribution in [-0.4, -0.2) is 51.9 Å². The van der Waals surface area contributed by atoms with Crippen LogP contribution in [0.2, 0.25) is 0 Å². The summed E-state index contributed by atoms with van der Waals surface area (Å²) in [6, 6.07) is 6.44. The number of benzene rings is 1. The molecule has 1 aromatic rings. The number of ether oxygens (including phenoxy) is 1. The van der Waals surface area contributed by atoms with E-state index in [-0.39, 0.29) is 11.9 Å². The lowest BCUT2D eigenvalue weighted by Crippen LogP contribution is -2.60. The van der Waals surface area contributed by atoms with E-state index in [0.29, 0.717) is 12.0 Å². The van der Waals surface area contributed by atoms with Crippen LogP contribution in [-0.2, 0) is 19.1 Å². The van der Waals surface area contributed by atoms with Crippen LogP contribution in [0.5, 0.6) is 0 Å². The molecule has 9 heteroatoms. The summed E-state index contributed by atoms with van der Waals surface area (Å²) >= 11 is 0. The van der Waals surface area contributed by atoms with Gasteiger partial charge in [-0.1, -0.05) is 37.3 Å². The minimum Gasteiger partial charge on any atom is -0.444 e. The van der Waals surface area contributed by atoms with Crippen molar-refractivity contribution < 1.29 is 23.9 Å². The first kappa shape index (κ1) is 28.9. The number of hydrogen-bond acceptors (Lipinski definition) is 5. The molecule has 0 bridgehead atoms. The first-order valence-electron chi connectivity index (χ1n) is 11.6. The van der Waals surface area contributed by atoms with Crippen LogP contribution in [0.3, 0.4) is 0 Å².